The monoisotopic (exact) mass is 615 g/mol. The molecule has 2 saturated carbocycles. The van der Waals surface area contributed by atoms with E-state index >= 15 is 8.78 Å². The second-order valence-corrected chi connectivity index (χ2v) is 14.2. The van der Waals surface area contributed by atoms with E-state index in [-0.39, 0.29) is 31.4 Å². The highest BCUT2D eigenvalue weighted by atomic mass is 19.1. The van der Waals surface area contributed by atoms with Crippen molar-refractivity contribution in [1.29, 1.82) is 0 Å². The highest BCUT2D eigenvalue weighted by Gasteiger charge is 2.67. The first-order valence-corrected chi connectivity index (χ1v) is 15.4. The number of ketones is 2. The second-order valence-electron chi connectivity index (χ2n) is 14.2. The summed E-state index contributed by atoms with van der Waals surface area (Å²) in [6.45, 7) is 8.51. The molecule has 3 aliphatic carbocycles. The summed E-state index contributed by atoms with van der Waals surface area (Å²) >= 11 is 0. The number of Topliss-reactive ketones (excluding diaryl/α,β-unsaturated/α-hetero) is 1. The molecule has 0 unspecified atom stereocenters. The Bertz CT molecular complexity index is 1370. The number of hydroxylamine groups is 2. The number of rotatable bonds is 5. The Morgan fingerprint density at radius 3 is 2.50 bits per heavy atom. The standard InChI is InChI=1S/C34H43F2NO7/c1-20-14-23-18-37(17-21-6-8-22(9-7-21)30(42)43-31(2,3)4)44-33(23,29(41)19-38)13-11-28(40)34(36)25(20)16-27(35)26-15-24(39)10-12-32(26,34)5/h6-10,12,15,20,23,25,27-28,38,40H,11,13-14,16-19H2,1-5H3/t20-,23-,25-,27-,28-,32-,33-,34-/m0/s1. The predicted molar refractivity (Wildman–Crippen MR) is 158 cm³/mol. The summed E-state index contributed by atoms with van der Waals surface area (Å²) < 4.78 is 38.7. The molecule has 0 aromatic heterocycles. The topological polar surface area (TPSA) is 113 Å². The molecule has 0 spiro atoms. The minimum absolute atomic E-state index is 0.0377. The molecule has 1 aliphatic heterocycles. The first-order valence-electron chi connectivity index (χ1n) is 15.4. The van der Waals surface area contributed by atoms with Crippen molar-refractivity contribution in [3.05, 3.63) is 59.2 Å². The van der Waals surface area contributed by atoms with E-state index in [1.165, 1.54) is 19.1 Å². The van der Waals surface area contributed by atoms with Gasteiger partial charge in [0.05, 0.1) is 11.7 Å². The Labute approximate surface area is 257 Å². The lowest BCUT2D eigenvalue weighted by atomic mass is 9.51. The maximum Gasteiger partial charge on any atom is 0.338 e. The number of carbonyl (C=O) groups excluding carboxylic acids is 3. The molecule has 5 rings (SSSR count). The summed E-state index contributed by atoms with van der Waals surface area (Å²) in [7, 11) is 0. The van der Waals surface area contributed by atoms with E-state index in [4.69, 9.17) is 9.57 Å². The van der Waals surface area contributed by atoms with E-state index in [0.717, 1.165) is 11.6 Å². The van der Waals surface area contributed by atoms with Crippen LogP contribution in [0.2, 0.25) is 0 Å². The van der Waals surface area contributed by atoms with E-state index in [1.807, 2.05) is 6.92 Å². The maximum atomic E-state index is 17.6. The lowest BCUT2D eigenvalue weighted by molar-refractivity contribution is -0.211. The number of fused-ring (bicyclic) bond motifs is 4. The average molecular weight is 616 g/mol. The third-order valence-electron chi connectivity index (χ3n) is 10.2. The van der Waals surface area contributed by atoms with Crippen molar-refractivity contribution in [2.24, 2.45) is 23.2 Å². The van der Waals surface area contributed by atoms with Crippen molar-refractivity contribution >= 4 is 17.5 Å². The predicted octanol–water partition coefficient (Wildman–Crippen LogP) is 4.62. The van der Waals surface area contributed by atoms with E-state index in [0.29, 0.717) is 18.5 Å². The fraction of sp³-hybridized carbons (Fsp3) is 0.618. The minimum atomic E-state index is -2.30. The van der Waals surface area contributed by atoms with Gasteiger partial charge in [0.15, 0.2) is 22.8 Å². The maximum absolute atomic E-state index is 17.6. The molecule has 0 amide bonds. The summed E-state index contributed by atoms with van der Waals surface area (Å²) in [5.41, 5.74) is -4.72. The van der Waals surface area contributed by atoms with Gasteiger partial charge in [-0.2, -0.15) is 5.06 Å². The molecule has 1 saturated heterocycles. The molecular formula is C34H43F2NO7. The summed E-state index contributed by atoms with van der Waals surface area (Å²) in [6.07, 6.45) is 0.521. The van der Waals surface area contributed by atoms with E-state index in [1.54, 1.807) is 50.1 Å². The molecule has 4 aliphatic rings. The van der Waals surface area contributed by atoms with Gasteiger partial charge in [0.2, 0.25) is 0 Å². The molecule has 240 valence electrons. The van der Waals surface area contributed by atoms with E-state index in [9.17, 15) is 24.6 Å². The number of aliphatic hydroxyl groups is 2. The SMILES string of the molecule is C[C@H]1C[C@H]2CN(Cc3ccc(C(=O)OC(C)(C)C)cc3)O[C@@]2(C(=O)CO)CC[C@H](O)[C@@]2(F)[C@H]1C[C@H](F)C1=CC(=O)C=C[C@@]12C. The zero-order valence-electron chi connectivity index (χ0n) is 26.0. The van der Waals surface area contributed by atoms with E-state index < -0.39 is 76.5 Å². The van der Waals surface area contributed by atoms with Crippen LogP contribution in [0.4, 0.5) is 8.78 Å². The normalized spacial score (nSPS) is 37.5. The molecular weight excluding hydrogens is 572 g/mol. The van der Waals surface area contributed by atoms with Crippen LogP contribution in [0.1, 0.15) is 76.2 Å². The van der Waals surface area contributed by atoms with Crippen LogP contribution in [0, 0.1) is 23.2 Å². The quantitative estimate of drug-likeness (QED) is 0.462. The highest BCUT2D eigenvalue weighted by Crippen LogP contribution is 2.61. The Hall–Kier alpha value is -2.79. The first-order chi connectivity index (χ1) is 20.5. The van der Waals surface area contributed by atoms with Crippen LogP contribution in [-0.2, 0) is 25.7 Å². The number of halogens is 2. The van der Waals surface area contributed by atoms with Crippen molar-refractivity contribution < 1.29 is 43.0 Å². The number of esters is 1. The molecule has 8 nitrogen and oxygen atoms in total. The molecule has 1 heterocycles. The number of ether oxygens (including phenoxy) is 1. The smallest absolute Gasteiger partial charge is 0.338 e. The van der Waals surface area contributed by atoms with Gasteiger partial charge in [0.1, 0.15) is 18.4 Å². The molecule has 0 radical (unpaired) electrons. The van der Waals surface area contributed by atoms with Gasteiger partial charge in [-0.05, 0) is 94.7 Å². The van der Waals surface area contributed by atoms with Crippen molar-refractivity contribution in [1.82, 2.24) is 5.06 Å². The van der Waals surface area contributed by atoms with Gasteiger partial charge in [-0.15, -0.1) is 0 Å². The van der Waals surface area contributed by atoms with Gasteiger partial charge in [0, 0.05) is 30.3 Å². The molecule has 2 N–H and O–H groups in total. The number of aliphatic hydroxyl groups excluding tert-OH is 2. The zero-order valence-corrected chi connectivity index (χ0v) is 26.0. The van der Waals surface area contributed by atoms with Crippen LogP contribution in [0.15, 0.2) is 48.1 Å². The number of allylic oxidation sites excluding steroid dienone is 4. The Morgan fingerprint density at radius 1 is 1.18 bits per heavy atom. The fourth-order valence-corrected chi connectivity index (χ4v) is 7.97. The average Bonchev–Trinajstić information content (AvgIpc) is 3.31. The second kappa shape index (κ2) is 11.5. The van der Waals surface area contributed by atoms with Gasteiger partial charge < -0.3 is 14.9 Å². The number of hydrogen-bond donors (Lipinski definition) is 2. The Balaban J connectivity index is 1.42. The molecule has 10 heteroatoms. The Kier molecular flexibility index (Phi) is 8.55. The van der Waals surface area contributed by atoms with Crippen LogP contribution in [-0.4, -0.2) is 75.1 Å². The summed E-state index contributed by atoms with van der Waals surface area (Å²) in [5.74, 6) is -3.24. The van der Waals surface area contributed by atoms with Crippen LogP contribution < -0.4 is 0 Å². The lowest BCUT2D eigenvalue weighted by Gasteiger charge is -2.56. The Morgan fingerprint density at radius 2 is 1.86 bits per heavy atom. The minimum Gasteiger partial charge on any atom is -0.456 e. The number of alkyl halides is 2. The van der Waals surface area contributed by atoms with Gasteiger partial charge in [-0.3, -0.25) is 14.4 Å². The summed E-state index contributed by atoms with van der Waals surface area (Å²) in [5, 5.41) is 23.2. The molecule has 44 heavy (non-hydrogen) atoms. The van der Waals surface area contributed by atoms with E-state index in [2.05, 4.69) is 0 Å². The highest BCUT2D eigenvalue weighted by molar-refractivity contribution is 6.01. The first kappa shape index (κ1) is 32.6. The van der Waals surface area contributed by atoms with Gasteiger partial charge >= 0.3 is 5.97 Å². The van der Waals surface area contributed by atoms with Gasteiger partial charge in [-0.25, -0.2) is 13.6 Å². The number of benzene rings is 1. The molecule has 1 aromatic carbocycles. The van der Waals surface area contributed by atoms with Gasteiger partial charge in [-0.1, -0.05) is 25.1 Å². The molecule has 8 atom stereocenters. The third-order valence-corrected chi connectivity index (χ3v) is 10.2. The third kappa shape index (κ3) is 5.48. The molecule has 1 aromatic rings. The van der Waals surface area contributed by atoms with Crippen molar-refractivity contribution in [3.8, 4) is 0 Å². The van der Waals surface area contributed by atoms with Gasteiger partial charge in [0.25, 0.3) is 0 Å². The molecule has 3 fully saturated rings. The lowest BCUT2D eigenvalue weighted by Crippen LogP contribution is -2.63. The number of hydrogen-bond acceptors (Lipinski definition) is 8. The van der Waals surface area contributed by atoms with Crippen LogP contribution in [0.25, 0.3) is 0 Å². The van der Waals surface area contributed by atoms with Crippen molar-refractivity contribution in [2.75, 3.05) is 13.2 Å². The van der Waals surface area contributed by atoms with Crippen molar-refractivity contribution in [2.45, 2.75) is 96.0 Å². The summed E-state index contributed by atoms with van der Waals surface area (Å²) in [6, 6.07) is 6.87. The number of nitrogens with zero attached hydrogens (tertiary/aromatic N) is 1. The van der Waals surface area contributed by atoms with Crippen LogP contribution in [0.3, 0.4) is 0 Å². The fourth-order valence-electron chi connectivity index (χ4n) is 7.97. The summed E-state index contributed by atoms with van der Waals surface area (Å²) in [4.78, 5) is 44.3. The van der Waals surface area contributed by atoms with Crippen LogP contribution in [0.5, 0.6) is 0 Å². The molecule has 0 bridgehead atoms. The van der Waals surface area contributed by atoms with Crippen molar-refractivity contribution in [3.63, 3.8) is 0 Å². The largest absolute Gasteiger partial charge is 0.456 e. The van der Waals surface area contributed by atoms with Crippen LogP contribution >= 0.6 is 0 Å². The number of carbonyl (C=O) groups is 3. The zero-order chi connectivity index (χ0) is 32.2.